The Labute approximate surface area is 169 Å². The van der Waals surface area contributed by atoms with E-state index in [9.17, 15) is 9.59 Å². The molecule has 1 heterocycles. The van der Waals surface area contributed by atoms with Gasteiger partial charge in [-0.25, -0.2) is 0 Å². The van der Waals surface area contributed by atoms with E-state index in [4.69, 9.17) is 21.6 Å². The van der Waals surface area contributed by atoms with Crippen LogP contribution in [-0.4, -0.2) is 17.5 Å². The maximum Gasteiger partial charge on any atom is 0.266 e. The zero-order valence-electron chi connectivity index (χ0n) is 16.5. The molecule has 0 fully saturated rings. The molecular formula is C21H24ClN3O3. The van der Waals surface area contributed by atoms with Gasteiger partial charge in [0.2, 0.25) is 5.91 Å². The predicted molar refractivity (Wildman–Crippen MR) is 110 cm³/mol. The quantitative estimate of drug-likeness (QED) is 0.729. The van der Waals surface area contributed by atoms with Crippen molar-refractivity contribution in [2.75, 3.05) is 11.9 Å². The molecule has 0 radical (unpaired) electrons. The van der Waals surface area contributed by atoms with E-state index in [-0.39, 0.29) is 17.9 Å². The van der Waals surface area contributed by atoms with Gasteiger partial charge in [-0.1, -0.05) is 25.4 Å². The average molecular weight is 402 g/mol. The van der Waals surface area contributed by atoms with Crippen molar-refractivity contribution in [1.82, 2.24) is 4.98 Å². The third kappa shape index (κ3) is 5.37. The Morgan fingerprint density at radius 1 is 1.36 bits per heavy atom. The van der Waals surface area contributed by atoms with Crippen LogP contribution >= 0.6 is 11.6 Å². The molecule has 0 spiro atoms. The van der Waals surface area contributed by atoms with E-state index in [0.717, 1.165) is 5.56 Å². The molecule has 2 N–H and O–H groups in total. The van der Waals surface area contributed by atoms with Crippen molar-refractivity contribution in [2.24, 2.45) is 5.92 Å². The number of ether oxygens (including phenoxy) is 1. The van der Waals surface area contributed by atoms with Gasteiger partial charge in [-0.05, 0) is 55.5 Å². The molecule has 7 heteroatoms. The van der Waals surface area contributed by atoms with Gasteiger partial charge in [0.1, 0.15) is 17.4 Å². The average Bonchev–Trinajstić information content (AvgIpc) is 2.60. The SMILES string of the molecule is Cc1[nH]c(=O)c(C#N)c(C)c1CCC(=O)Nc1ccc(OCC(C)C)c(Cl)c1. The second-order valence-corrected chi connectivity index (χ2v) is 7.47. The van der Waals surface area contributed by atoms with Gasteiger partial charge in [-0.2, -0.15) is 5.26 Å². The first-order valence-corrected chi connectivity index (χ1v) is 9.45. The van der Waals surface area contributed by atoms with Crippen molar-refractivity contribution in [3.63, 3.8) is 0 Å². The third-order valence-corrected chi connectivity index (χ3v) is 4.61. The molecule has 1 aromatic carbocycles. The predicted octanol–water partition coefficient (Wildman–Crippen LogP) is 4.12. The summed E-state index contributed by atoms with van der Waals surface area (Å²) in [7, 11) is 0. The molecule has 2 aromatic rings. The lowest BCUT2D eigenvalue weighted by Gasteiger charge is -2.13. The highest BCUT2D eigenvalue weighted by Crippen LogP contribution is 2.28. The van der Waals surface area contributed by atoms with Crippen molar-refractivity contribution < 1.29 is 9.53 Å². The van der Waals surface area contributed by atoms with Crippen molar-refractivity contribution in [2.45, 2.75) is 40.5 Å². The van der Waals surface area contributed by atoms with Crippen LogP contribution < -0.4 is 15.6 Å². The van der Waals surface area contributed by atoms with E-state index in [1.165, 1.54) is 0 Å². The zero-order valence-corrected chi connectivity index (χ0v) is 17.2. The number of benzene rings is 1. The number of aryl methyl sites for hydroxylation is 1. The van der Waals surface area contributed by atoms with Gasteiger partial charge in [0, 0.05) is 17.8 Å². The number of hydrogen-bond donors (Lipinski definition) is 2. The van der Waals surface area contributed by atoms with Crippen molar-refractivity contribution in [3.8, 4) is 11.8 Å². The lowest BCUT2D eigenvalue weighted by molar-refractivity contribution is -0.116. The van der Waals surface area contributed by atoms with Crippen LogP contribution in [0, 0.1) is 31.1 Å². The zero-order chi connectivity index (χ0) is 20.8. The topological polar surface area (TPSA) is 95.0 Å². The van der Waals surface area contributed by atoms with Crippen molar-refractivity contribution in [3.05, 3.63) is 56.0 Å². The van der Waals surface area contributed by atoms with Gasteiger partial charge in [-0.15, -0.1) is 0 Å². The molecule has 1 amide bonds. The number of rotatable bonds is 7. The molecule has 0 atom stereocenters. The van der Waals surface area contributed by atoms with Crippen LogP contribution in [0.15, 0.2) is 23.0 Å². The molecule has 0 aliphatic heterocycles. The molecule has 0 saturated carbocycles. The summed E-state index contributed by atoms with van der Waals surface area (Å²) < 4.78 is 5.62. The number of amides is 1. The monoisotopic (exact) mass is 401 g/mol. The van der Waals surface area contributed by atoms with Crippen LogP contribution in [0.4, 0.5) is 5.69 Å². The first kappa shape index (κ1) is 21.5. The number of nitrogens with zero attached hydrogens (tertiary/aromatic N) is 1. The van der Waals surface area contributed by atoms with Gasteiger partial charge < -0.3 is 15.0 Å². The van der Waals surface area contributed by atoms with E-state index in [0.29, 0.717) is 46.7 Å². The fourth-order valence-corrected chi connectivity index (χ4v) is 3.07. The second-order valence-electron chi connectivity index (χ2n) is 7.07. The van der Waals surface area contributed by atoms with E-state index in [2.05, 4.69) is 10.3 Å². The number of aromatic amines is 1. The van der Waals surface area contributed by atoms with Gasteiger partial charge in [0.05, 0.1) is 11.6 Å². The summed E-state index contributed by atoms with van der Waals surface area (Å²) in [5.74, 6) is 0.782. The second kappa shape index (κ2) is 9.43. The first-order valence-electron chi connectivity index (χ1n) is 9.07. The van der Waals surface area contributed by atoms with Crippen LogP contribution in [0.2, 0.25) is 5.02 Å². The molecule has 6 nitrogen and oxygen atoms in total. The number of aromatic nitrogens is 1. The van der Waals surface area contributed by atoms with Crippen LogP contribution in [0.25, 0.3) is 0 Å². The van der Waals surface area contributed by atoms with Crippen molar-refractivity contribution >= 4 is 23.2 Å². The molecule has 0 unspecified atom stereocenters. The van der Waals surface area contributed by atoms with Crippen LogP contribution in [-0.2, 0) is 11.2 Å². The number of nitrogens with one attached hydrogen (secondary N) is 2. The molecule has 1 aromatic heterocycles. The first-order chi connectivity index (χ1) is 13.2. The highest BCUT2D eigenvalue weighted by molar-refractivity contribution is 6.32. The van der Waals surface area contributed by atoms with E-state index >= 15 is 0 Å². The number of H-pyrrole nitrogens is 1. The Balaban J connectivity index is 2.03. The minimum Gasteiger partial charge on any atom is -0.492 e. The molecule has 0 saturated heterocycles. The largest absolute Gasteiger partial charge is 0.492 e. The summed E-state index contributed by atoms with van der Waals surface area (Å²) in [4.78, 5) is 26.8. The van der Waals surface area contributed by atoms with Crippen molar-refractivity contribution in [1.29, 1.82) is 5.26 Å². The number of hydrogen-bond acceptors (Lipinski definition) is 4. The molecule has 28 heavy (non-hydrogen) atoms. The molecule has 0 aliphatic rings. The lowest BCUT2D eigenvalue weighted by atomic mass is 9.99. The lowest BCUT2D eigenvalue weighted by Crippen LogP contribution is -2.18. The number of pyridine rings is 1. The standard InChI is InChI=1S/C21H24ClN3O3/c1-12(2)11-28-19-7-5-15(9-18(19)22)25-20(26)8-6-16-13(3)17(10-23)21(27)24-14(16)4/h5,7,9,12H,6,8,11H2,1-4H3,(H,24,27)(H,25,26). The number of anilines is 1. The Hall–Kier alpha value is -2.78. The van der Waals surface area contributed by atoms with Gasteiger partial charge in [0.15, 0.2) is 0 Å². The minimum atomic E-state index is -0.403. The molecular weight excluding hydrogens is 378 g/mol. The summed E-state index contributed by atoms with van der Waals surface area (Å²) >= 11 is 6.22. The normalized spacial score (nSPS) is 10.6. The Morgan fingerprint density at radius 2 is 2.07 bits per heavy atom. The fourth-order valence-electron chi connectivity index (χ4n) is 2.83. The summed E-state index contributed by atoms with van der Waals surface area (Å²) in [6.07, 6.45) is 0.625. The third-order valence-electron chi connectivity index (χ3n) is 4.31. The number of nitriles is 1. The maximum absolute atomic E-state index is 12.3. The van der Waals surface area contributed by atoms with Crippen LogP contribution in [0.3, 0.4) is 0 Å². The van der Waals surface area contributed by atoms with Gasteiger partial charge in [0.25, 0.3) is 5.56 Å². The van der Waals surface area contributed by atoms with E-state index in [1.54, 1.807) is 32.0 Å². The number of carbonyl (C=O) groups excluding carboxylic acids is 1. The fraction of sp³-hybridized carbons (Fsp3) is 0.381. The molecule has 148 valence electrons. The number of carbonyl (C=O) groups is 1. The molecule has 0 bridgehead atoms. The highest BCUT2D eigenvalue weighted by Gasteiger charge is 2.14. The van der Waals surface area contributed by atoms with E-state index in [1.807, 2.05) is 19.9 Å². The highest BCUT2D eigenvalue weighted by atomic mass is 35.5. The smallest absolute Gasteiger partial charge is 0.266 e. The Morgan fingerprint density at radius 3 is 2.68 bits per heavy atom. The van der Waals surface area contributed by atoms with Gasteiger partial charge in [-0.3, -0.25) is 9.59 Å². The molecule has 2 rings (SSSR count). The van der Waals surface area contributed by atoms with E-state index < -0.39 is 5.56 Å². The Kier molecular flexibility index (Phi) is 7.24. The maximum atomic E-state index is 12.3. The molecule has 0 aliphatic carbocycles. The summed E-state index contributed by atoms with van der Waals surface area (Å²) in [5, 5.41) is 12.4. The van der Waals surface area contributed by atoms with Crippen LogP contribution in [0.5, 0.6) is 5.75 Å². The number of halogens is 1. The summed E-state index contributed by atoms with van der Waals surface area (Å²) in [6, 6.07) is 7.04. The van der Waals surface area contributed by atoms with Gasteiger partial charge >= 0.3 is 0 Å². The van der Waals surface area contributed by atoms with Crippen LogP contribution in [0.1, 0.15) is 42.7 Å². The summed E-state index contributed by atoms with van der Waals surface area (Å²) in [5.41, 5.74) is 2.36. The Bertz CT molecular complexity index is 974. The minimum absolute atomic E-state index is 0.0878. The summed E-state index contributed by atoms with van der Waals surface area (Å²) in [6.45, 7) is 8.15.